The van der Waals surface area contributed by atoms with Gasteiger partial charge in [0.05, 0.1) is 6.42 Å². The van der Waals surface area contributed by atoms with E-state index < -0.39 is 29.8 Å². The molecule has 0 aromatic rings. The minimum absolute atomic E-state index is 0.114. The second-order valence-corrected chi connectivity index (χ2v) is 2.26. The van der Waals surface area contributed by atoms with Crippen LogP contribution in [0.5, 0.6) is 0 Å². The number of halogens is 4. The van der Waals surface area contributed by atoms with Crippen LogP contribution in [-0.4, -0.2) is 14.9 Å². The Labute approximate surface area is 67.5 Å². The van der Waals surface area contributed by atoms with Crippen LogP contribution in [0.2, 0.25) is 0 Å². The molecule has 72 valence electrons. The molecule has 0 aliphatic heterocycles. The van der Waals surface area contributed by atoms with Gasteiger partial charge in [0.2, 0.25) is 0 Å². The number of allylic oxidation sites excluding steroid dienone is 1. The van der Waals surface area contributed by atoms with E-state index in [1.54, 1.807) is 0 Å². The minimum Gasteiger partial charge on any atom is -0.740 e. The number of hydrogen-bond donors (Lipinski definition) is 0. The Morgan fingerprint density at radius 3 is 2.42 bits per heavy atom. The largest absolute Gasteiger partial charge is 0.740 e. The van der Waals surface area contributed by atoms with Crippen LogP contribution in [0.25, 0.3) is 0 Å². The normalized spacial score (nSPS) is 15.9. The van der Waals surface area contributed by atoms with Gasteiger partial charge in [0.25, 0.3) is 0 Å². The summed E-state index contributed by atoms with van der Waals surface area (Å²) in [5, 5.41) is 0. The van der Waals surface area contributed by atoms with E-state index in [1.165, 1.54) is 0 Å². The van der Waals surface area contributed by atoms with Crippen LogP contribution in [-0.2, 0) is 15.5 Å². The predicted molar refractivity (Wildman–Crippen MR) is 29.9 cm³/mol. The molecule has 1 unspecified atom stereocenters. The minimum atomic E-state index is -4.71. The molecule has 0 bridgehead atoms. The molecule has 0 heterocycles. The Morgan fingerprint density at radius 2 is 2.08 bits per heavy atom. The average Bonchev–Trinajstić information content (AvgIpc) is 1.79. The Balaban J connectivity index is 3.95. The molecule has 0 saturated heterocycles. The highest BCUT2D eigenvalue weighted by Crippen LogP contribution is 2.24. The molecule has 12 heavy (non-hydrogen) atoms. The maximum atomic E-state index is 12.0. The lowest BCUT2D eigenvalue weighted by molar-refractivity contribution is -0.130. The maximum Gasteiger partial charge on any atom is 0.395 e. The van der Waals surface area contributed by atoms with E-state index in [0.29, 0.717) is 0 Å². The van der Waals surface area contributed by atoms with Gasteiger partial charge in [0.1, 0.15) is 23.5 Å². The molecule has 0 aromatic carbocycles. The van der Waals surface area contributed by atoms with E-state index in [4.69, 9.17) is 0 Å². The highest BCUT2D eigenvalue weighted by Gasteiger charge is 2.29. The van der Waals surface area contributed by atoms with Gasteiger partial charge in [-0.25, -0.2) is 8.60 Å². The van der Waals surface area contributed by atoms with Crippen LogP contribution >= 0.6 is 0 Å². The topological polar surface area (TPSA) is 49.4 Å². The van der Waals surface area contributed by atoms with E-state index in [2.05, 4.69) is 4.18 Å². The lowest BCUT2D eigenvalue weighted by atomic mass is 10.4. The summed E-state index contributed by atoms with van der Waals surface area (Å²) in [6.45, 7) is 0. The molecule has 3 nitrogen and oxygen atoms in total. The van der Waals surface area contributed by atoms with Crippen molar-refractivity contribution >= 4 is 11.4 Å². The van der Waals surface area contributed by atoms with Crippen molar-refractivity contribution in [2.24, 2.45) is 0 Å². The van der Waals surface area contributed by atoms with Gasteiger partial charge < -0.3 is 8.74 Å². The molecule has 0 aliphatic rings. The van der Waals surface area contributed by atoms with Gasteiger partial charge in [0, 0.05) is 0 Å². The first kappa shape index (κ1) is 11.4. The Bertz CT molecular complexity index is 199. The van der Waals surface area contributed by atoms with E-state index in [-0.39, 0.29) is 6.26 Å². The van der Waals surface area contributed by atoms with Crippen molar-refractivity contribution in [3.8, 4) is 0 Å². The molecular formula is C4H3F4O3S-. The Kier molecular flexibility index (Phi) is 4.18. The van der Waals surface area contributed by atoms with E-state index in [9.17, 15) is 26.3 Å². The maximum absolute atomic E-state index is 12.0. The monoisotopic (exact) mass is 207 g/mol. The van der Waals surface area contributed by atoms with Gasteiger partial charge in [-0.05, 0) is 0 Å². The SMILES string of the molecule is O=S([O-])OC=C(F)CC(F)(F)F. The van der Waals surface area contributed by atoms with Crippen LogP contribution in [0.4, 0.5) is 17.6 Å². The fraction of sp³-hybridized carbons (Fsp3) is 0.500. The van der Waals surface area contributed by atoms with Crippen LogP contribution < -0.4 is 0 Å². The molecule has 0 aliphatic carbocycles. The molecule has 0 radical (unpaired) electrons. The lowest BCUT2D eigenvalue weighted by Crippen LogP contribution is -2.07. The van der Waals surface area contributed by atoms with Gasteiger partial charge in [-0.15, -0.1) is 0 Å². The Morgan fingerprint density at radius 1 is 1.58 bits per heavy atom. The van der Waals surface area contributed by atoms with E-state index in [0.717, 1.165) is 0 Å². The molecule has 0 spiro atoms. The highest BCUT2D eigenvalue weighted by atomic mass is 32.2. The average molecular weight is 207 g/mol. The zero-order valence-electron chi connectivity index (χ0n) is 5.43. The van der Waals surface area contributed by atoms with Crippen molar-refractivity contribution in [3.05, 3.63) is 12.1 Å². The Hall–Kier alpha value is -0.630. The molecule has 1 atom stereocenters. The summed E-state index contributed by atoms with van der Waals surface area (Å²) >= 11 is -3.05. The third-order valence-electron chi connectivity index (χ3n) is 0.624. The fourth-order valence-electron chi connectivity index (χ4n) is 0.325. The van der Waals surface area contributed by atoms with Gasteiger partial charge >= 0.3 is 6.18 Å². The van der Waals surface area contributed by atoms with Crippen LogP contribution in [0.1, 0.15) is 6.42 Å². The van der Waals surface area contributed by atoms with Crippen molar-refractivity contribution in [1.82, 2.24) is 0 Å². The highest BCUT2D eigenvalue weighted by molar-refractivity contribution is 7.74. The standard InChI is InChI=1S/C4H4F4O3S/c5-3(1-4(6,7)8)2-11-12(9)10/h2H,1H2,(H,9,10)/p-1. The summed E-state index contributed by atoms with van der Waals surface area (Å²) in [6.07, 6.45) is -6.67. The van der Waals surface area contributed by atoms with Crippen LogP contribution in [0, 0.1) is 0 Å². The second kappa shape index (κ2) is 4.41. The quantitative estimate of drug-likeness (QED) is 0.401. The summed E-state index contributed by atoms with van der Waals surface area (Å²) in [6, 6.07) is 0. The number of hydrogen-bond acceptors (Lipinski definition) is 3. The second-order valence-electron chi connectivity index (χ2n) is 1.66. The molecule has 0 saturated carbocycles. The smallest absolute Gasteiger partial charge is 0.395 e. The first-order chi connectivity index (χ1) is 5.31. The molecule has 0 N–H and O–H groups in total. The summed E-state index contributed by atoms with van der Waals surface area (Å²) in [4.78, 5) is 0. The van der Waals surface area contributed by atoms with Gasteiger partial charge in [-0.3, -0.25) is 0 Å². The molecular weight excluding hydrogens is 204 g/mol. The summed E-state index contributed by atoms with van der Waals surface area (Å²) in [5.41, 5.74) is 0. The fourth-order valence-corrected chi connectivity index (χ4v) is 0.508. The third-order valence-corrected chi connectivity index (χ3v) is 0.877. The first-order valence-corrected chi connectivity index (χ1v) is 3.49. The van der Waals surface area contributed by atoms with E-state index in [1.807, 2.05) is 0 Å². The lowest BCUT2D eigenvalue weighted by Gasteiger charge is -2.04. The summed E-state index contributed by atoms with van der Waals surface area (Å²) < 4.78 is 68.6. The van der Waals surface area contributed by atoms with Gasteiger partial charge in [0.15, 0.2) is 0 Å². The van der Waals surface area contributed by atoms with Crippen molar-refractivity contribution in [3.63, 3.8) is 0 Å². The van der Waals surface area contributed by atoms with Gasteiger partial charge in [-0.2, -0.15) is 13.2 Å². The molecule has 0 amide bonds. The molecule has 0 rings (SSSR count). The van der Waals surface area contributed by atoms with Gasteiger partial charge in [-0.1, -0.05) is 0 Å². The molecule has 0 fully saturated rings. The van der Waals surface area contributed by atoms with Crippen molar-refractivity contribution in [1.29, 1.82) is 0 Å². The predicted octanol–water partition coefficient (Wildman–Crippen LogP) is 1.56. The van der Waals surface area contributed by atoms with Crippen molar-refractivity contribution in [2.75, 3.05) is 0 Å². The zero-order chi connectivity index (χ0) is 9.78. The van der Waals surface area contributed by atoms with Crippen LogP contribution in [0.15, 0.2) is 12.1 Å². The van der Waals surface area contributed by atoms with Crippen molar-refractivity contribution < 1.29 is 30.5 Å². The van der Waals surface area contributed by atoms with Crippen LogP contribution in [0.3, 0.4) is 0 Å². The zero-order valence-corrected chi connectivity index (χ0v) is 6.25. The number of rotatable bonds is 3. The summed E-state index contributed by atoms with van der Waals surface area (Å²) in [7, 11) is 0. The first-order valence-electron chi connectivity index (χ1n) is 2.49. The molecule has 0 aromatic heterocycles. The third kappa shape index (κ3) is 7.48. The van der Waals surface area contributed by atoms with E-state index >= 15 is 0 Å². The number of alkyl halides is 3. The summed E-state index contributed by atoms with van der Waals surface area (Å²) in [5.74, 6) is -1.70. The molecule has 8 heteroatoms. The van der Waals surface area contributed by atoms with Crippen molar-refractivity contribution in [2.45, 2.75) is 12.6 Å².